The SMILES string of the molecule is CCNc1ccc(S(=O)(=O)C(F)(F)F)cc1NC(=S)NC(NC(=O)c1cccc(Br)c1)C(Cl)(Cl)Cl. The molecule has 1 unspecified atom stereocenters. The van der Waals surface area contributed by atoms with Gasteiger partial charge in [0.1, 0.15) is 6.17 Å². The van der Waals surface area contributed by atoms with Crippen molar-refractivity contribution in [3.8, 4) is 0 Å². The van der Waals surface area contributed by atoms with Crippen molar-refractivity contribution in [3.63, 3.8) is 0 Å². The maximum absolute atomic E-state index is 13.0. The summed E-state index contributed by atoms with van der Waals surface area (Å²) in [4.78, 5) is 11.6. The summed E-state index contributed by atoms with van der Waals surface area (Å²) in [6.45, 7) is 2.08. The highest BCUT2D eigenvalue weighted by Crippen LogP contribution is 2.34. The molecule has 0 bridgehead atoms. The van der Waals surface area contributed by atoms with Crippen LogP contribution < -0.4 is 21.3 Å². The molecular weight excluding hydrogens is 640 g/mol. The molecule has 7 nitrogen and oxygen atoms in total. The van der Waals surface area contributed by atoms with Gasteiger partial charge in [0.25, 0.3) is 15.7 Å². The second-order valence-corrected chi connectivity index (χ2v) is 12.4. The standard InChI is InChI=1S/C19H17BrCl3F3N4O3S2/c1-2-27-13-7-6-12(35(32,33)19(24,25)26)9-14(13)28-17(34)30-16(18(21,22)23)29-15(31)10-4-3-5-11(20)8-10/h3-9,16,27H,2H2,1H3,(H,29,31)(H2,28,30,34). The van der Waals surface area contributed by atoms with Crippen LogP contribution in [0.4, 0.5) is 24.5 Å². The largest absolute Gasteiger partial charge is 0.501 e. The minimum Gasteiger partial charge on any atom is -0.384 e. The van der Waals surface area contributed by atoms with Crippen LogP contribution in [-0.2, 0) is 9.84 Å². The Balaban J connectivity index is 2.30. The first-order valence-corrected chi connectivity index (χ1v) is 13.3. The average molecular weight is 657 g/mol. The molecule has 16 heteroatoms. The number of rotatable bonds is 7. The molecule has 0 aromatic heterocycles. The van der Waals surface area contributed by atoms with Gasteiger partial charge >= 0.3 is 5.51 Å². The van der Waals surface area contributed by atoms with Crippen LogP contribution >= 0.6 is 63.0 Å². The number of sulfone groups is 1. The molecule has 0 aliphatic heterocycles. The van der Waals surface area contributed by atoms with E-state index in [0.29, 0.717) is 11.0 Å². The number of carbonyl (C=O) groups is 1. The third kappa shape index (κ3) is 7.99. The van der Waals surface area contributed by atoms with Gasteiger partial charge in [-0.25, -0.2) is 8.42 Å². The Kier molecular flexibility index (Phi) is 9.93. The summed E-state index contributed by atoms with van der Waals surface area (Å²) in [5, 5.41) is 10.2. The molecule has 35 heavy (non-hydrogen) atoms. The quantitative estimate of drug-likeness (QED) is 0.175. The zero-order valence-electron chi connectivity index (χ0n) is 17.5. The van der Waals surface area contributed by atoms with E-state index in [2.05, 4.69) is 37.2 Å². The van der Waals surface area contributed by atoms with E-state index in [4.69, 9.17) is 47.0 Å². The summed E-state index contributed by atoms with van der Waals surface area (Å²) in [6, 6.07) is 9.08. The number of carbonyl (C=O) groups excluding carboxylic acids is 1. The van der Waals surface area contributed by atoms with Crippen LogP contribution in [0, 0.1) is 0 Å². The van der Waals surface area contributed by atoms with E-state index in [1.54, 1.807) is 19.1 Å². The van der Waals surface area contributed by atoms with Gasteiger partial charge in [-0.05, 0) is 55.5 Å². The smallest absolute Gasteiger partial charge is 0.384 e. The lowest BCUT2D eigenvalue weighted by molar-refractivity contribution is -0.0436. The number of alkyl halides is 6. The number of halogens is 7. The second-order valence-electron chi connectivity index (χ2n) is 6.74. The number of amides is 1. The zero-order chi connectivity index (χ0) is 26.6. The van der Waals surface area contributed by atoms with Gasteiger partial charge in [-0.15, -0.1) is 0 Å². The van der Waals surface area contributed by atoms with E-state index in [1.165, 1.54) is 12.1 Å². The Morgan fingerprint density at radius 2 is 1.74 bits per heavy atom. The van der Waals surface area contributed by atoms with Crippen molar-refractivity contribution in [1.82, 2.24) is 10.6 Å². The van der Waals surface area contributed by atoms with Gasteiger partial charge in [0.2, 0.25) is 3.79 Å². The Morgan fingerprint density at radius 3 is 2.29 bits per heavy atom. The van der Waals surface area contributed by atoms with Crippen LogP contribution in [0.25, 0.3) is 0 Å². The third-order valence-corrected chi connectivity index (χ3v) is 7.04. The second kappa shape index (κ2) is 11.7. The molecule has 2 aromatic carbocycles. The van der Waals surface area contributed by atoms with Crippen LogP contribution in [0.2, 0.25) is 0 Å². The predicted molar refractivity (Wildman–Crippen MR) is 139 cm³/mol. The number of hydrogen-bond donors (Lipinski definition) is 4. The molecule has 2 aromatic rings. The minimum atomic E-state index is -5.62. The summed E-state index contributed by atoms with van der Waals surface area (Å²) >= 11 is 26.3. The maximum atomic E-state index is 13.0. The van der Waals surface area contributed by atoms with E-state index in [9.17, 15) is 26.4 Å². The van der Waals surface area contributed by atoms with Crippen molar-refractivity contribution in [2.24, 2.45) is 0 Å². The van der Waals surface area contributed by atoms with Crippen molar-refractivity contribution in [2.45, 2.75) is 27.3 Å². The van der Waals surface area contributed by atoms with Crippen molar-refractivity contribution in [2.75, 3.05) is 17.2 Å². The fraction of sp³-hybridized carbons (Fsp3) is 0.263. The van der Waals surface area contributed by atoms with Crippen LogP contribution in [0.3, 0.4) is 0 Å². The van der Waals surface area contributed by atoms with Crippen molar-refractivity contribution in [1.29, 1.82) is 0 Å². The first-order valence-electron chi connectivity index (χ1n) is 9.46. The molecule has 1 atom stereocenters. The molecular formula is C19H17BrCl3F3N4O3S2. The molecule has 0 spiro atoms. The van der Waals surface area contributed by atoms with E-state index < -0.39 is 36.1 Å². The molecule has 0 saturated heterocycles. The van der Waals surface area contributed by atoms with Crippen LogP contribution in [0.5, 0.6) is 0 Å². The van der Waals surface area contributed by atoms with Crippen molar-refractivity contribution < 1.29 is 26.4 Å². The fourth-order valence-corrected chi connectivity index (χ4v) is 4.35. The first-order chi connectivity index (χ1) is 16.1. The molecule has 0 heterocycles. The van der Waals surface area contributed by atoms with Gasteiger partial charge in [-0.3, -0.25) is 4.79 Å². The fourth-order valence-electron chi connectivity index (χ4n) is 2.61. The van der Waals surface area contributed by atoms with Gasteiger partial charge < -0.3 is 21.3 Å². The number of nitrogens with one attached hydrogen (secondary N) is 4. The molecule has 2 rings (SSSR count). The van der Waals surface area contributed by atoms with Gasteiger partial charge in [-0.2, -0.15) is 13.2 Å². The van der Waals surface area contributed by atoms with Crippen molar-refractivity contribution >= 4 is 95.2 Å². The van der Waals surface area contributed by atoms with Gasteiger partial charge in [0.05, 0.1) is 16.3 Å². The summed E-state index contributed by atoms with van der Waals surface area (Å²) < 4.78 is 61.2. The van der Waals surface area contributed by atoms with E-state index in [1.807, 2.05) is 0 Å². The van der Waals surface area contributed by atoms with E-state index in [-0.39, 0.29) is 22.1 Å². The van der Waals surface area contributed by atoms with Gasteiger partial charge in [-0.1, -0.05) is 56.8 Å². The Morgan fingerprint density at radius 1 is 1.09 bits per heavy atom. The van der Waals surface area contributed by atoms with Crippen molar-refractivity contribution in [3.05, 3.63) is 52.5 Å². The number of hydrogen-bond acceptors (Lipinski definition) is 5. The zero-order valence-corrected chi connectivity index (χ0v) is 23.0. The first kappa shape index (κ1) is 29.7. The van der Waals surface area contributed by atoms with E-state index in [0.717, 1.165) is 18.2 Å². The molecule has 192 valence electrons. The number of thiocarbonyl (C=S) groups is 1. The lowest BCUT2D eigenvalue weighted by Gasteiger charge is -2.28. The Bertz CT molecular complexity index is 1210. The number of benzene rings is 2. The monoisotopic (exact) mass is 654 g/mol. The lowest BCUT2D eigenvalue weighted by Crippen LogP contribution is -2.56. The highest BCUT2D eigenvalue weighted by atomic mass is 79.9. The Labute approximate surface area is 228 Å². The van der Waals surface area contributed by atoms with Crippen LogP contribution in [0.1, 0.15) is 17.3 Å². The van der Waals surface area contributed by atoms with Gasteiger partial charge in [0.15, 0.2) is 5.11 Å². The molecule has 0 saturated carbocycles. The highest BCUT2D eigenvalue weighted by Gasteiger charge is 2.47. The molecule has 4 N–H and O–H groups in total. The molecule has 0 aliphatic rings. The Hall–Kier alpha value is -1.51. The number of anilines is 2. The molecule has 0 radical (unpaired) electrons. The van der Waals surface area contributed by atoms with E-state index >= 15 is 0 Å². The highest BCUT2D eigenvalue weighted by molar-refractivity contribution is 9.10. The summed E-state index contributed by atoms with van der Waals surface area (Å²) in [5.74, 6) is -0.621. The summed E-state index contributed by atoms with van der Waals surface area (Å²) in [7, 11) is -5.62. The predicted octanol–water partition coefficient (Wildman–Crippen LogP) is 5.59. The van der Waals surface area contributed by atoms with Crippen LogP contribution in [0.15, 0.2) is 51.8 Å². The maximum Gasteiger partial charge on any atom is 0.501 e. The summed E-state index contributed by atoms with van der Waals surface area (Å²) in [6.07, 6.45) is -1.39. The third-order valence-electron chi connectivity index (χ3n) is 4.19. The average Bonchev–Trinajstić information content (AvgIpc) is 2.73. The normalized spacial score (nSPS) is 13.0. The van der Waals surface area contributed by atoms with Gasteiger partial charge in [0, 0.05) is 16.6 Å². The molecule has 0 fully saturated rings. The topological polar surface area (TPSA) is 99.3 Å². The molecule has 0 aliphatic carbocycles. The summed E-state index contributed by atoms with van der Waals surface area (Å²) in [5.41, 5.74) is -5.11. The molecule has 1 amide bonds. The lowest BCUT2D eigenvalue weighted by atomic mass is 10.2. The van der Waals surface area contributed by atoms with Crippen LogP contribution in [-0.4, -0.2) is 41.4 Å². The minimum absolute atomic E-state index is 0.101.